The molecule has 1 aliphatic rings. The number of halogens is 1. The molecule has 142 valence electrons. The molecule has 0 radical (unpaired) electrons. The third kappa shape index (κ3) is 2.75. The number of benzene rings is 2. The number of fused-ring (bicyclic) bond motifs is 2. The van der Waals surface area contributed by atoms with E-state index in [-0.39, 0.29) is 11.8 Å². The average Bonchev–Trinajstić information content (AvgIpc) is 3.35. The van der Waals surface area contributed by atoms with Crippen LogP contribution in [0.1, 0.15) is 39.2 Å². The number of imide groups is 1. The first-order valence-electron chi connectivity index (χ1n) is 9.01. The highest BCUT2D eigenvalue weighted by molar-refractivity contribution is 7.13. The molecular formula is C22H14ClN3O2S. The zero-order valence-electron chi connectivity index (χ0n) is 15.3. The fraction of sp³-hybridized carbons (Fsp3) is 0.0909. The number of hydrogen-bond donors (Lipinski definition) is 0. The molecule has 0 fully saturated rings. The number of carbonyl (C=O) groups excluding carboxylic acids is 2. The lowest BCUT2D eigenvalue weighted by Crippen LogP contribution is -2.33. The fourth-order valence-corrected chi connectivity index (χ4v) is 4.58. The Morgan fingerprint density at radius 3 is 2.41 bits per heavy atom. The highest BCUT2D eigenvalue weighted by Gasteiger charge is 2.39. The number of aromatic nitrogens is 2. The van der Waals surface area contributed by atoms with E-state index in [0.29, 0.717) is 27.4 Å². The Hall–Kier alpha value is -3.09. The minimum atomic E-state index is -0.504. The second kappa shape index (κ2) is 6.76. The minimum absolute atomic E-state index is 0.292. The second-order valence-electron chi connectivity index (χ2n) is 6.81. The summed E-state index contributed by atoms with van der Waals surface area (Å²) < 4.78 is 0. The zero-order valence-corrected chi connectivity index (χ0v) is 16.9. The van der Waals surface area contributed by atoms with Gasteiger partial charge in [0.25, 0.3) is 11.8 Å². The van der Waals surface area contributed by atoms with Crippen molar-refractivity contribution in [1.29, 1.82) is 0 Å². The maximum Gasteiger partial charge on any atom is 0.262 e. The van der Waals surface area contributed by atoms with Gasteiger partial charge < -0.3 is 0 Å². The van der Waals surface area contributed by atoms with Crippen molar-refractivity contribution in [3.8, 4) is 10.6 Å². The third-order valence-electron chi connectivity index (χ3n) is 5.15. The van der Waals surface area contributed by atoms with E-state index in [9.17, 15) is 9.59 Å². The zero-order chi connectivity index (χ0) is 20.1. The molecule has 0 saturated heterocycles. The van der Waals surface area contributed by atoms with Crippen LogP contribution in [0.3, 0.4) is 0 Å². The van der Waals surface area contributed by atoms with E-state index < -0.39 is 6.04 Å². The largest absolute Gasteiger partial charge is 0.269 e. The third-order valence-corrected chi connectivity index (χ3v) is 6.24. The Morgan fingerprint density at radius 2 is 1.76 bits per heavy atom. The molecule has 0 aliphatic carbocycles. The summed E-state index contributed by atoms with van der Waals surface area (Å²) in [6, 6.07) is 13.9. The van der Waals surface area contributed by atoms with Gasteiger partial charge in [-0.25, -0.2) is 4.98 Å². The standard InChI is InChI=1S/C22H14ClN3O2S/c1-12(26-21(27)14-6-2-3-7-15(14)22(26)28)16-9-13-5-4-8-17(23)19(13)25-20(16)18-10-24-11-29-18/h2-12H,1H3. The molecule has 29 heavy (non-hydrogen) atoms. The number of amides is 2. The summed E-state index contributed by atoms with van der Waals surface area (Å²) in [4.78, 5) is 37.1. The lowest BCUT2D eigenvalue weighted by Gasteiger charge is -2.25. The molecule has 0 N–H and O–H groups in total. The van der Waals surface area contributed by atoms with E-state index in [1.165, 1.54) is 16.2 Å². The molecule has 4 aromatic rings. The smallest absolute Gasteiger partial charge is 0.262 e. The van der Waals surface area contributed by atoms with Crippen LogP contribution in [0.5, 0.6) is 0 Å². The molecule has 7 heteroatoms. The van der Waals surface area contributed by atoms with Crippen molar-refractivity contribution in [1.82, 2.24) is 14.9 Å². The maximum absolute atomic E-state index is 13.0. The minimum Gasteiger partial charge on any atom is -0.269 e. The Labute approximate surface area is 175 Å². The molecule has 1 unspecified atom stereocenters. The Morgan fingerprint density at radius 1 is 1.03 bits per heavy atom. The van der Waals surface area contributed by atoms with Gasteiger partial charge in [0.2, 0.25) is 0 Å². The number of para-hydroxylation sites is 1. The lowest BCUT2D eigenvalue weighted by molar-refractivity contribution is 0.0595. The molecule has 2 aromatic carbocycles. The second-order valence-corrected chi connectivity index (χ2v) is 8.10. The van der Waals surface area contributed by atoms with Gasteiger partial charge in [-0.1, -0.05) is 35.9 Å². The van der Waals surface area contributed by atoms with Gasteiger partial charge in [0.1, 0.15) is 0 Å². The highest BCUT2D eigenvalue weighted by atomic mass is 35.5. The van der Waals surface area contributed by atoms with E-state index in [0.717, 1.165) is 15.8 Å². The van der Waals surface area contributed by atoms with Crippen LogP contribution in [0.15, 0.2) is 60.2 Å². The first kappa shape index (κ1) is 18.0. The molecule has 0 spiro atoms. The molecule has 2 aromatic heterocycles. The van der Waals surface area contributed by atoms with Gasteiger partial charge in [-0.05, 0) is 31.2 Å². The van der Waals surface area contributed by atoms with Gasteiger partial charge in [0.15, 0.2) is 0 Å². The Bertz CT molecular complexity index is 1250. The molecule has 5 nitrogen and oxygen atoms in total. The van der Waals surface area contributed by atoms with Gasteiger partial charge in [-0.2, -0.15) is 0 Å². The molecule has 1 aliphatic heterocycles. The number of carbonyl (C=O) groups is 2. The predicted octanol–water partition coefficient (Wildman–Crippen LogP) is 5.37. The van der Waals surface area contributed by atoms with Crippen LogP contribution < -0.4 is 0 Å². The van der Waals surface area contributed by atoms with Crippen LogP contribution in [0, 0.1) is 0 Å². The topological polar surface area (TPSA) is 63.2 Å². The normalized spacial score (nSPS) is 14.5. The lowest BCUT2D eigenvalue weighted by atomic mass is 10.0. The van der Waals surface area contributed by atoms with Crippen molar-refractivity contribution >= 4 is 45.7 Å². The van der Waals surface area contributed by atoms with E-state index >= 15 is 0 Å². The molecule has 3 heterocycles. The van der Waals surface area contributed by atoms with Crippen molar-refractivity contribution in [2.24, 2.45) is 0 Å². The Kier molecular flexibility index (Phi) is 4.19. The summed E-state index contributed by atoms with van der Waals surface area (Å²) in [5, 5.41) is 1.40. The van der Waals surface area contributed by atoms with Crippen LogP contribution in [-0.4, -0.2) is 26.7 Å². The number of hydrogen-bond acceptors (Lipinski definition) is 5. The number of nitrogens with zero attached hydrogens (tertiary/aromatic N) is 3. The van der Waals surface area contributed by atoms with E-state index in [1.807, 2.05) is 25.1 Å². The number of thiazole rings is 1. The Balaban J connectivity index is 1.70. The summed E-state index contributed by atoms with van der Waals surface area (Å²) in [5.74, 6) is -0.584. The van der Waals surface area contributed by atoms with Crippen LogP contribution in [0.25, 0.3) is 21.5 Å². The van der Waals surface area contributed by atoms with Gasteiger partial charge in [0.05, 0.1) is 43.8 Å². The number of pyridine rings is 1. The molecule has 5 rings (SSSR count). The van der Waals surface area contributed by atoms with Gasteiger partial charge in [-0.3, -0.25) is 19.5 Å². The van der Waals surface area contributed by atoms with Crippen molar-refractivity contribution in [3.05, 3.63) is 82.0 Å². The molecule has 0 bridgehead atoms. The number of rotatable bonds is 3. The fourth-order valence-electron chi connectivity index (χ4n) is 3.73. The van der Waals surface area contributed by atoms with Crippen LogP contribution >= 0.6 is 22.9 Å². The quantitative estimate of drug-likeness (QED) is 0.419. The van der Waals surface area contributed by atoms with Gasteiger partial charge in [-0.15, -0.1) is 11.3 Å². The van der Waals surface area contributed by atoms with Crippen LogP contribution in [0.2, 0.25) is 5.02 Å². The molecule has 2 amide bonds. The summed E-state index contributed by atoms with van der Waals surface area (Å²) in [6.07, 6.45) is 1.73. The summed E-state index contributed by atoms with van der Waals surface area (Å²) >= 11 is 7.81. The van der Waals surface area contributed by atoms with Crippen LogP contribution in [0.4, 0.5) is 0 Å². The first-order valence-corrected chi connectivity index (χ1v) is 10.3. The van der Waals surface area contributed by atoms with E-state index in [4.69, 9.17) is 16.6 Å². The van der Waals surface area contributed by atoms with Crippen molar-refractivity contribution in [2.75, 3.05) is 0 Å². The van der Waals surface area contributed by atoms with Crippen LogP contribution in [-0.2, 0) is 0 Å². The van der Waals surface area contributed by atoms with Crippen molar-refractivity contribution in [3.63, 3.8) is 0 Å². The highest BCUT2D eigenvalue weighted by Crippen LogP contribution is 2.38. The molecular weight excluding hydrogens is 406 g/mol. The summed E-state index contributed by atoms with van der Waals surface area (Å²) in [6.45, 7) is 1.85. The summed E-state index contributed by atoms with van der Waals surface area (Å²) in [5.41, 5.74) is 4.72. The average molecular weight is 420 g/mol. The first-order chi connectivity index (χ1) is 14.1. The van der Waals surface area contributed by atoms with Crippen molar-refractivity contribution in [2.45, 2.75) is 13.0 Å². The summed E-state index contributed by atoms with van der Waals surface area (Å²) in [7, 11) is 0. The van der Waals surface area contributed by atoms with Crippen molar-refractivity contribution < 1.29 is 9.59 Å². The maximum atomic E-state index is 13.0. The molecule has 1 atom stereocenters. The SMILES string of the molecule is CC(c1cc2cccc(Cl)c2nc1-c1cncs1)N1C(=O)c2ccccc2C1=O. The van der Waals surface area contributed by atoms with Gasteiger partial charge >= 0.3 is 0 Å². The monoisotopic (exact) mass is 419 g/mol. The van der Waals surface area contributed by atoms with Gasteiger partial charge in [0, 0.05) is 17.1 Å². The van der Waals surface area contributed by atoms with E-state index in [1.54, 1.807) is 42.0 Å². The molecule has 0 saturated carbocycles. The van der Waals surface area contributed by atoms with E-state index in [2.05, 4.69) is 4.98 Å². The predicted molar refractivity (Wildman–Crippen MR) is 113 cm³/mol.